The molecule has 87 heavy (non-hydrogen) atoms. The van der Waals surface area contributed by atoms with Gasteiger partial charge < -0.3 is 47.7 Å². The summed E-state index contributed by atoms with van der Waals surface area (Å²) in [6.45, 7) is 11.8. The minimum absolute atomic E-state index is 0. The van der Waals surface area contributed by atoms with Gasteiger partial charge in [-0.05, 0) is 250 Å². The van der Waals surface area contributed by atoms with Crippen molar-refractivity contribution in [3.63, 3.8) is 0 Å². The maximum absolute atomic E-state index is 11.1. The summed E-state index contributed by atoms with van der Waals surface area (Å²) in [6, 6.07) is 17.7. The van der Waals surface area contributed by atoms with E-state index in [2.05, 4.69) is 94.5 Å². The van der Waals surface area contributed by atoms with Gasteiger partial charge in [-0.1, -0.05) is 23.2 Å². The first-order valence-corrected chi connectivity index (χ1v) is 32.3. The smallest absolute Gasteiger partial charge is 0.326 e. The lowest BCUT2D eigenvalue weighted by Gasteiger charge is -2.42. The molecule has 474 valence electrons. The third kappa shape index (κ3) is 17.9. The van der Waals surface area contributed by atoms with E-state index >= 15 is 0 Å². The van der Waals surface area contributed by atoms with Crippen LogP contribution < -0.4 is 9.47 Å². The topological polar surface area (TPSA) is 222 Å². The lowest BCUT2D eigenvalue weighted by atomic mass is 9.69. The summed E-state index contributed by atoms with van der Waals surface area (Å²) in [5.41, 5.74) is 4.75. The Balaban J connectivity index is 0.000000188. The molecule has 2 saturated heterocycles. The standard InChI is InChI=1S/2C27H38N4O2.C8H11NO2.C6H7NO.2ClH/c2*1-30(2)16-23-25(32-17-21-4-5-21)9-7-22-24(29-33-26(22)23)8-6-20-10-14-31(15-11-20)19-27(18-28)12-3-13-27;1-2-11-7(10)8(6-9)4-3-5-8;7-4-6(5-8)2-1-3-6;;/h2*7,9,20-21H,3-6,8,10-17,19H2,1-2H3;2-5H2,1H3;5H,1-3H2;2*1H. The lowest BCUT2D eigenvalue weighted by Crippen LogP contribution is -2.44. The second kappa shape index (κ2) is 31.8. The van der Waals surface area contributed by atoms with E-state index in [9.17, 15) is 20.1 Å². The van der Waals surface area contributed by atoms with Crippen LogP contribution in [0.2, 0.25) is 0 Å². The number of ether oxygens (including phenoxy) is 3. The molecule has 0 unspecified atom stereocenters. The Hall–Kier alpha value is -5.50. The molecule has 0 bridgehead atoms. The van der Waals surface area contributed by atoms with Crippen molar-refractivity contribution < 1.29 is 32.8 Å². The molecule has 4 heterocycles. The average molecular weight is 1240 g/mol. The van der Waals surface area contributed by atoms with Crippen molar-refractivity contribution in [1.82, 2.24) is 29.9 Å². The highest BCUT2D eigenvalue weighted by Crippen LogP contribution is 2.45. The molecule has 8 fully saturated rings. The fourth-order valence-corrected chi connectivity index (χ4v) is 12.9. The van der Waals surface area contributed by atoms with Gasteiger partial charge in [0.15, 0.2) is 16.6 Å². The number of fused-ring (bicyclic) bond motifs is 2. The van der Waals surface area contributed by atoms with Crippen LogP contribution in [0.5, 0.6) is 11.5 Å². The van der Waals surface area contributed by atoms with Crippen LogP contribution in [0.1, 0.15) is 171 Å². The summed E-state index contributed by atoms with van der Waals surface area (Å²) < 4.78 is 28.9. The number of piperidine rings is 2. The molecule has 2 aliphatic heterocycles. The fourth-order valence-electron chi connectivity index (χ4n) is 12.9. The van der Waals surface area contributed by atoms with Gasteiger partial charge in [-0.3, -0.25) is 4.79 Å². The van der Waals surface area contributed by atoms with Gasteiger partial charge in [0.1, 0.15) is 23.2 Å². The van der Waals surface area contributed by atoms with Crippen molar-refractivity contribution in [2.24, 2.45) is 45.3 Å². The van der Waals surface area contributed by atoms with Crippen molar-refractivity contribution in [3.05, 3.63) is 46.8 Å². The number of benzene rings is 2. The number of nitrogens with zero attached hydrogens (tertiary/aromatic N) is 10. The molecule has 0 N–H and O–H groups in total. The molecule has 6 saturated carbocycles. The Morgan fingerprint density at radius 1 is 0.598 bits per heavy atom. The number of aldehydes is 1. The van der Waals surface area contributed by atoms with Crippen LogP contribution in [0, 0.1) is 90.7 Å². The zero-order valence-corrected chi connectivity index (χ0v) is 54.2. The number of nitriles is 4. The number of carbonyl (C=O) groups excluding carboxylic acids is 2. The fraction of sp³-hybridized carbons (Fsp3) is 0.706. The molecule has 6 aliphatic carbocycles. The van der Waals surface area contributed by atoms with Gasteiger partial charge in [0.25, 0.3) is 0 Å². The molecule has 8 aliphatic rings. The number of halogens is 2. The van der Waals surface area contributed by atoms with E-state index < -0.39 is 10.8 Å². The molecule has 19 heteroatoms. The Bertz CT molecular complexity index is 2880. The van der Waals surface area contributed by atoms with Crippen LogP contribution in [0.25, 0.3) is 21.9 Å². The monoisotopic (exact) mass is 1230 g/mol. The maximum atomic E-state index is 11.1. The minimum Gasteiger partial charge on any atom is -0.493 e. The van der Waals surface area contributed by atoms with Crippen molar-refractivity contribution in [3.8, 4) is 35.8 Å². The van der Waals surface area contributed by atoms with Gasteiger partial charge in [-0.15, -0.1) is 24.8 Å². The van der Waals surface area contributed by atoms with Crippen LogP contribution in [-0.2, 0) is 40.3 Å². The van der Waals surface area contributed by atoms with Crippen LogP contribution in [0.15, 0.2) is 33.3 Å². The predicted octanol–water partition coefficient (Wildman–Crippen LogP) is 13.0. The summed E-state index contributed by atoms with van der Waals surface area (Å²) in [5.74, 6) is 4.46. The van der Waals surface area contributed by atoms with Crippen LogP contribution in [0.4, 0.5) is 0 Å². The van der Waals surface area contributed by atoms with E-state index in [-0.39, 0.29) is 41.6 Å². The van der Waals surface area contributed by atoms with E-state index in [1.54, 1.807) is 6.92 Å². The van der Waals surface area contributed by atoms with Gasteiger partial charge in [0.2, 0.25) is 0 Å². The SMILES string of the molecule is CCOC(=O)C1(C#N)CCC1.CN(C)Cc1c(OCC2CC2)ccc2c(CCC3CCN(CC4(C#N)CCC4)CC3)noc12.CN(C)Cc1c(OCC2CC2)ccc2c(CCC3CCN(CC4(C#N)CCC4)CC3)noc12.Cl.Cl.N#CC1(C=O)CCC1. The quantitative estimate of drug-likeness (QED) is 0.0497. The molecule has 0 spiro atoms. The Morgan fingerprint density at radius 3 is 1.29 bits per heavy atom. The Labute approximate surface area is 529 Å². The first-order valence-electron chi connectivity index (χ1n) is 32.3. The minimum atomic E-state index is -0.782. The second-order valence-electron chi connectivity index (χ2n) is 27.1. The molecule has 2 aromatic carbocycles. The van der Waals surface area contributed by atoms with Gasteiger partial charge in [0, 0.05) is 37.0 Å². The number of aromatic nitrogens is 2. The van der Waals surface area contributed by atoms with E-state index in [1.165, 1.54) is 64.2 Å². The number of carbonyl (C=O) groups is 2. The highest BCUT2D eigenvalue weighted by molar-refractivity contribution is 5.86. The molecule has 17 nitrogen and oxygen atoms in total. The summed E-state index contributed by atoms with van der Waals surface area (Å²) >= 11 is 0. The first-order chi connectivity index (χ1) is 41.2. The van der Waals surface area contributed by atoms with Crippen LogP contribution in [0.3, 0.4) is 0 Å². The third-order valence-electron chi connectivity index (χ3n) is 19.8. The molecule has 0 amide bonds. The second-order valence-corrected chi connectivity index (χ2v) is 27.1. The largest absolute Gasteiger partial charge is 0.493 e. The van der Waals surface area contributed by atoms with Crippen molar-refractivity contribution in [1.29, 1.82) is 21.0 Å². The van der Waals surface area contributed by atoms with E-state index in [0.29, 0.717) is 19.4 Å². The van der Waals surface area contributed by atoms with Gasteiger partial charge in [-0.2, -0.15) is 21.0 Å². The van der Waals surface area contributed by atoms with E-state index in [4.69, 9.17) is 33.8 Å². The van der Waals surface area contributed by atoms with Crippen LogP contribution in [-0.4, -0.2) is 129 Å². The van der Waals surface area contributed by atoms with Crippen molar-refractivity contribution in [2.75, 3.05) is 87.3 Å². The number of aryl methyl sites for hydroxylation is 2. The van der Waals surface area contributed by atoms with Crippen molar-refractivity contribution in [2.45, 2.75) is 174 Å². The number of esters is 1. The summed E-state index contributed by atoms with van der Waals surface area (Å²) in [6.07, 6.45) is 26.7. The molecule has 2 aromatic heterocycles. The Morgan fingerprint density at radius 2 is 1.01 bits per heavy atom. The molecule has 4 aromatic rings. The predicted molar refractivity (Wildman–Crippen MR) is 339 cm³/mol. The molecular formula is C68H96Cl2N10O7. The Kier molecular flexibility index (Phi) is 25.2. The zero-order chi connectivity index (χ0) is 60.0. The normalized spacial score (nSPS) is 20.7. The lowest BCUT2D eigenvalue weighted by molar-refractivity contribution is -0.156. The highest BCUT2D eigenvalue weighted by Gasteiger charge is 2.46. The highest BCUT2D eigenvalue weighted by atomic mass is 35.5. The number of rotatable bonds is 23. The summed E-state index contributed by atoms with van der Waals surface area (Å²) in [5, 5.41) is 47.4. The van der Waals surface area contributed by atoms with Gasteiger partial charge >= 0.3 is 5.97 Å². The van der Waals surface area contributed by atoms with Gasteiger partial charge in [0.05, 0.1) is 77.4 Å². The summed E-state index contributed by atoms with van der Waals surface area (Å²) in [7, 11) is 8.32. The van der Waals surface area contributed by atoms with Crippen LogP contribution >= 0.6 is 24.8 Å². The molecule has 0 atom stereocenters. The maximum Gasteiger partial charge on any atom is 0.326 e. The zero-order valence-electron chi connectivity index (χ0n) is 52.6. The number of hydrogen-bond acceptors (Lipinski definition) is 17. The molecule has 12 rings (SSSR count). The molecular weight excluding hydrogens is 1140 g/mol. The van der Waals surface area contributed by atoms with E-state index in [1.807, 2.05) is 12.1 Å². The average Bonchev–Trinajstić information content (AvgIpc) is 2.26. The number of hydrogen-bond donors (Lipinski definition) is 0. The third-order valence-corrected chi connectivity index (χ3v) is 19.8. The first kappa shape index (κ1) is 69.0. The number of likely N-dealkylation sites (tertiary alicyclic amines) is 2. The van der Waals surface area contributed by atoms with Crippen molar-refractivity contribution >= 4 is 59.0 Å². The molecule has 0 radical (unpaired) electrons. The summed E-state index contributed by atoms with van der Waals surface area (Å²) in [4.78, 5) is 30.6. The van der Waals surface area contributed by atoms with E-state index in [0.717, 1.165) is 229 Å². The van der Waals surface area contributed by atoms with Gasteiger partial charge in [-0.25, -0.2) is 0 Å².